The fourth-order valence-electron chi connectivity index (χ4n) is 7.77. The van der Waals surface area contributed by atoms with Crippen LogP contribution in [-0.4, -0.2) is 28.9 Å². The van der Waals surface area contributed by atoms with E-state index in [1.165, 1.54) is 13.3 Å². The number of fused-ring (bicyclic) bond motifs is 2. The summed E-state index contributed by atoms with van der Waals surface area (Å²) in [5.74, 6) is 0.715. The van der Waals surface area contributed by atoms with Crippen molar-refractivity contribution in [1.29, 1.82) is 0 Å². The second-order valence-corrected chi connectivity index (χ2v) is 14.8. The van der Waals surface area contributed by atoms with Crippen molar-refractivity contribution in [3.8, 4) is 0 Å². The van der Waals surface area contributed by atoms with Gasteiger partial charge in [-0.15, -0.1) is 0 Å². The van der Waals surface area contributed by atoms with Gasteiger partial charge < -0.3 is 0 Å². The first-order valence-electron chi connectivity index (χ1n) is 19.6. The van der Waals surface area contributed by atoms with E-state index in [4.69, 9.17) is 0 Å². The van der Waals surface area contributed by atoms with Crippen LogP contribution < -0.4 is 0 Å². The molecule has 5 rings (SSSR count). The lowest BCUT2D eigenvalue weighted by molar-refractivity contribution is -0.130. The maximum atomic E-state index is 13.5. The molecule has 0 radical (unpaired) electrons. The summed E-state index contributed by atoms with van der Waals surface area (Å²) in [6, 6.07) is 28.0. The standard InChI is InChI=1S/C36H42O4.C9H10O.C3H8/c1-5-10-28(32(6-2)34(39)17-23(3)37)18-25-19-30-16-15-27(24(4)36(30)35(40)20-25)21-31(38)22-29-13-9-12-26-11-7-8-14-33(26)29;1-8(10)7-9-5-3-2-4-6-9;1-3-2/h7-9,11-16,25,28,32H,5-6,10,17-22H2,1-4H3;2-6H,7H2,1H3;3H2,1-2H3. The van der Waals surface area contributed by atoms with Gasteiger partial charge in [-0.2, -0.15) is 0 Å². The number of hydrogen-bond acceptors (Lipinski definition) is 5. The van der Waals surface area contributed by atoms with Crippen molar-refractivity contribution in [3.05, 3.63) is 118 Å². The molecule has 4 aromatic rings. The molecule has 1 aliphatic rings. The highest BCUT2D eigenvalue weighted by Gasteiger charge is 2.33. The maximum Gasteiger partial charge on any atom is 0.163 e. The van der Waals surface area contributed by atoms with E-state index in [1.54, 1.807) is 6.92 Å². The van der Waals surface area contributed by atoms with Crippen molar-refractivity contribution in [2.24, 2.45) is 17.8 Å². The summed E-state index contributed by atoms with van der Waals surface area (Å²) in [6.45, 7) is 13.5. The van der Waals surface area contributed by atoms with Gasteiger partial charge in [-0.05, 0) is 90.5 Å². The number of Topliss-reactive ketones (excluding diaryl/α,β-unsaturated/α-hetero) is 5. The highest BCUT2D eigenvalue weighted by molar-refractivity contribution is 6.01. The van der Waals surface area contributed by atoms with E-state index in [1.807, 2.05) is 80.6 Å². The van der Waals surface area contributed by atoms with Gasteiger partial charge >= 0.3 is 0 Å². The molecule has 0 aromatic heterocycles. The van der Waals surface area contributed by atoms with Crippen molar-refractivity contribution in [2.45, 2.75) is 119 Å². The predicted molar refractivity (Wildman–Crippen MR) is 218 cm³/mol. The van der Waals surface area contributed by atoms with E-state index in [-0.39, 0.29) is 53.1 Å². The third-order valence-corrected chi connectivity index (χ3v) is 10.0. The zero-order valence-corrected chi connectivity index (χ0v) is 33.1. The van der Waals surface area contributed by atoms with Crippen molar-refractivity contribution in [2.75, 3.05) is 0 Å². The van der Waals surface area contributed by atoms with Crippen LogP contribution in [0, 0.1) is 24.7 Å². The van der Waals surface area contributed by atoms with Crippen LogP contribution in [0.25, 0.3) is 10.8 Å². The summed E-state index contributed by atoms with van der Waals surface area (Å²) in [4.78, 5) is 61.7. The Kier molecular flexibility index (Phi) is 17.7. The highest BCUT2D eigenvalue weighted by Crippen LogP contribution is 2.37. The summed E-state index contributed by atoms with van der Waals surface area (Å²) in [5, 5.41) is 2.24. The average molecular weight is 717 g/mol. The SMILES string of the molecule is CC(=O)Cc1ccccc1.CCC.CCCC(CC1CC(=O)c2c(ccc(CC(=O)Cc3cccc4ccccc34)c2C)C1)C(CC)C(=O)CC(C)=O. The van der Waals surface area contributed by atoms with E-state index < -0.39 is 0 Å². The molecule has 0 saturated carbocycles. The third kappa shape index (κ3) is 13.1. The lowest BCUT2D eigenvalue weighted by Gasteiger charge is -2.32. The Bertz CT molecular complexity index is 1830. The molecule has 5 heteroatoms. The molecule has 5 nitrogen and oxygen atoms in total. The van der Waals surface area contributed by atoms with Crippen LogP contribution in [0.5, 0.6) is 0 Å². The Morgan fingerprint density at radius 1 is 0.717 bits per heavy atom. The molecule has 0 bridgehead atoms. The smallest absolute Gasteiger partial charge is 0.163 e. The average Bonchev–Trinajstić information content (AvgIpc) is 3.10. The Labute approximate surface area is 318 Å². The third-order valence-electron chi connectivity index (χ3n) is 10.0. The van der Waals surface area contributed by atoms with E-state index >= 15 is 0 Å². The van der Waals surface area contributed by atoms with Gasteiger partial charge in [0.15, 0.2) is 5.78 Å². The summed E-state index contributed by atoms with van der Waals surface area (Å²) < 4.78 is 0. The fourth-order valence-corrected chi connectivity index (χ4v) is 7.77. The van der Waals surface area contributed by atoms with Gasteiger partial charge in [0, 0.05) is 37.2 Å². The van der Waals surface area contributed by atoms with Gasteiger partial charge in [-0.3, -0.25) is 24.0 Å². The van der Waals surface area contributed by atoms with Crippen molar-refractivity contribution < 1.29 is 24.0 Å². The first kappa shape index (κ1) is 42.9. The molecule has 0 spiro atoms. The molecule has 0 heterocycles. The van der Waals surface area contributed by atoms with Gasteiger partial charge in [0.05, 0.1) is 6.42 Å². The Balaban J connectivity index is 0.000000492. The van der Waals surface area contributed by atoms with E-state index in [0.717, 1.165) is 76.3 Å². The molecule has 3 unspecified atom stereocenters. The van der Waals surface area contributed by atoms with Crippen LogP contribution in [0.15, 0.2) is 84.9 Å². The molecule has 0 N–H and O–H groups in total. The van der Waals surface area contributed by atoms with Gasteiger partial charge in [-0.25, -0.2) is 0 Å². The topological polar surface area (TPSA) is 85.3 Å². The number of rotatable bonds is 15. The molecule has 0 saturated heterocycles. The molecule has 0 amide bonds. The fraction of sp³-hybridized carbons (Fsp3) is 0.438. The number of carbonyl (C=O) groups is 5. The monoisotopic (exact) mass is 716 g/mol. The van der Waals surface area contributed by atoms with Gasteiger partial charge in [0.1, 0.15) is 23.1 Å². The number of benzene rings is 4. The number of carbonyl (C=O) groups excluding carboxylic acids is 5. The van der Waals surface area contributed by atoms with Crippen molar-refractivity contribution >= 4 is 39.7 Å². The molecule has 3 atom stereocenters. The lowest BCUT2D eigenvalue weighted by Crippen LogP contribution is -2.30. The van der Waals surface area contributed by atoms with Gasteiger partial charge in [0.25, 0.3) is 0 Å². The van der Waals surface area contributed by atoms with Crippen molar-refractivity contribution in [1.82, 2.24) is 0 Å². The van der Waals surface area contributed by atoms with Gasteiger partial charge in [0.2, 0.25) is 0 Å². The van der Waals surface area contributed by atoms with Crippen LogP contribution >= 0.6 is 0 Å². The van der Waals surface area contributed by atoms with Crippen LogP contribution in [0.2, 0.25) is 0 Å². The summed E-state index contributed by atoms with van der Waals surface area (Å²) in [5.41, 5.74) is 5.84. The number of hydrogen-bond donors (Lipinski definition) is 0. The van der Waals surface area contributed by atoms with E-state index in [2.05, 4.69) is 39.0 Å². The minimum atomic E-state index is -0.128. The van der Waals surface area contributed by atoms with Gasteiger partial charge in [-0.1, -0.05) is 132 Å². The normalized spacial score (nSPS) is 14.5. The second-order valence-electron chi connectivity index (χ2n) is 14.8. The largest absolute Gasteiger partial charge is 0.300 e. The van der Waals surface area contributed by atoms with Crippen LogP contribution in [0.4, 0.5) is 0 Å². The Morgan fingerprint density at radius 2 is 1.36 bits per heavy atom. The molecular weight excluding hydrogens is 657 g/mol. The minimum absolute atomic E-state index is 0.00629. The lowest BCUT2D eigenvalue weighted by atomic mass is 9.72. The minimum Gasteiger partial charge on any atom is -0.300 e. The second kappa shape index (κ2) is 21.9. The van der Waals surface area contributed by atoms with Crippen LogP contribution in [0.3, 0.4) is 0 Å². The summed E-state index contributed by atoms with van der Waals surface area (Å²) in [6.07, 6.45) is 7.23. The molecule has 0 fully saturated rings. The van der Waals surface area contributed by atoms with Crippen molar-refractivity contribution in [3.63, 3.8) is 0 Å². The predicted octanol–water partition coefficient (Wildman–Crippen LogP) is 10.9. The van der Waals surface area contributed by atoms with E-state index in [0.29, 0.717) is 25.7 Å². The zero-order chi connectivity index (χ0) is 38.9. The van der Waals surface area contributed by atoms with Crippen LogP contribution in [-0.2, 0) is 44.9 Å². The first-order valence-corrected chi connectivity index (χ1v) is 19.6. The van der Waals surface area contributed by atoms with Crippen LogP contribution in [0.1, 0.15) is 125 Å². The highest BCUT2D eigenvalue weighted by atomic mass is 16.2. The van der Waals surface area contributed by atoms with E-state index in [9.17, 15) is 24.0 Å². The molecule has 282 valence electrons. The maximum absolute atomic E-state index is 13.5. The molecule has 4 aromatic carbocycles. The Hall–Kier alpha value is -4.51. The molecular formula is C48H60O5. The molecule has 53 heavy (non-hydrogen) atoms. The molecule has 0 aliphatic heterocycles. The summed E-state index contributed by atoms with van der Waals surface area (Å²) in [7, 11) is 0. The molecule has 1 aliphatic carbocycles. The zero-order valence-electron chi connectivity index (χ0n) is 33.1. The summed E-state index contributed by atoms with van der Waals surface area (Å²) >= 11 is 0. The quantitative estimate of drug-likeness (QED) is 0.114. The first-order chi connectivity index (χ1) is 25.4. The number of ketones is 5. The Morgan fingerprint density at radius 3 is 2.00 bits per heavy atom.